The molecule has 1 aliphatic rings. The van der Waals surface area contributed by atoms with E-state index < -0.39 is 11.6 Å². The van der Waals surface area contributed by atoms with Crippen LogP contribution in [0.15, 0.2) is 28.2 Å². The first-order valence-corrected chi connectivity index (χ1v) is 4.21. The third-order valence-corrected chi connectivity index (χ3v) is 1.89. The van der Waals surface area contributed by atoms with Gasteiger partial charge in [-0.25, -0.2) is 19.6 Å². The molecule has 78 valence electrons. The Hall–Kier alpha value is -1.82. The molecule has 0 aromatic heterocycles. The Morgan fingerprint density at radius 3 is 2.47 bits per heavy atom. The smallest absolute Gasteiger partial charge is 0.153 e. The van der Waals surface area contributed by atoms with Crippen molar-refractivity contribution in [3.8, 4) is 0 Å². The minimum absolute atomic E-state index is 0.219. The molecule has 1 aromatic carbocycles. The van der Waals surface area contributed by atoms with Gasteiger partial charge >= 0.3 is 0 Å². The first-order chi connectivity index (χ1) is 7.16. The van der Waals surface area contributed by atoms with E-state index in [-0.39, 0.29) is 6.67 Å². The average Bonchev–Trinajstić information content (AvgIpc) is 2.16. The maximum atomic E-state index is 12.9. The Morgan fingerprint density at radius 1 is 1.20 bits per heavy atom. The number of hydrogen-bond acceptors (Lipinski definition) is 4. The van der Waals surface area contributed by atoms with Gasteiger partial charge in [-0.1, -0.05) is 0 Å². The van der Waals surface area contributed by atoms with E-state index in [9.17, 15) is 8.78 Å². The van der Waals surface area contributed by atoms with Crippen LogP contribution in [0.5, 0.6) is 0 Å². The Kier molecular flexibility index (Phi) is 2.42. The summed E-state index contributed by atoms with van der Waals surface area (Å²) in [6, 6.07) is 3.13. The summed E-state index contributed by atoms with van der Waals surface area (Å²) in [5, 5.41) is 1.22. The van der Waals surface area contributed by atoms with Crippen LogP contribution in [-0.2, 0) is 0 Å². The molecule has 2 N–H and O–H groups in total. The number of nitrogens with zero attached hydrogens (tertiary/aromatic N) is 3. The molecule has 6 heteroatoms. The summed E-state index contributed by atoms with van der Waals surface area (Å²) in [6.07, 6.45) is 1.31. The zero-order valence-corrected chi connectivity index (χ0v) is 7.69. The highest BCUT2D eigenvalue weighted by Gasteiger charge is 2.13. The highest BCUT2D eigenvalue weighted by atomic mass is 19.1. The van der Waals surface area contributed by atoms with E-state index in [0.29, 0.717) is 11.4 Å². The number of aliphatic imine (C=N–C) groups is 2. The standard InChI is InChI=1S/C9H8F2N4/c10-7-1-6(2-8(11)3-7)9-14-4-13-5-15(9)12/h1-4H,5,12H2. The van der Waals surface area contributed by atoms with Crippen molar-refractivity contribution in [2.24, 2.45) is 15.8 Å². The first kappa shape index (κ1) is 9.72. The highest BCUT2D eigenvalue weighted by Crippen LogP contribution is 2.11. The van der Waals surface area contributed by atoms with Crippen molar-refractivity contribution < 1.29 is 8.78 Å². The van der Waals surface area contributed by atoms with Gasteiger partial charge in [-0.05, 0) is 12.1 Å². The van der Waals surface area contributed by atoms with Crippen molar-refractivity contribution in [2.45, 2.75) is 0 Å². The van der Waals surface area contributed by atoms with Crippen LogP contribution < -0.4 is 5.84 Å². The summed E-state index contributed by atoms with van der Waals surface area (Å²) in [6.45, 7) is 0.219. The van der Waals surface area contributed by atoms with E-state index in [1.807, 2.05) is 0 Å². The van der Waals surface area contributed by atoms with Crippen LogP contribution in [-0.4, -0.2) is 23.9 Å². The second-order valence-corrected chi connectivity index (χ2v) is 3.02. The van der Waals surface area contributed by atoms with Crippen LogP contribution in [0, 0.1) is 11.6 Å². The summed E-state index contributed by atoms with van der Waals surface area (Å²) in [7, 11) is 0. The third kappa shape index (κ3) is 1.99. The molecular weight excluding hydrogens is 202 g/mol. The quantitative estimate of drug-likeness (QED) is 0.700. The summed E-state index contributed by atoms with van der Waals surface area (Å²) in [5.74, 6) is 4.52. The van der Waals surface area contributed by atoms with Gasteiger partial charge in [0, 0.05) is 11.6 Å². The van der Waals surface area contributed by atoms with Gasteiger partial charge in [0.15, 0.2) is 5.84 Å². The number of halogens is 2. The van der Waals surface area contributed by atoms with Crippen LogP contribution in [0.3, 0.4) is 0 Å². The first-order valence-electron chi connectivity index (χ1n) is 4.21. The number of rotatable bonds is 1. The van der Waals surface area contributed by atoms with Crippen molar-refractivity contribution in [3.63, 3.8) is 0 Å². The van der Waals surface area contributed by atoms with Crippen molar-refractivity contribution in [1.82, 2.24) is 5.01 Å². The number of nitrogens with two attached hydrogens (primary N) is 1. The molecule has 15 heavy (non-hydrogen) atoms. The SMILES string of the molecule is NN1CN=CN=C1c1cc(F)cc(F)c1. The largest absolute Gasteiger partial charge is 0.272 e. The summed E-state index contributed by atoms with van der Waals surface area (Å²) < 4.78 is 25.8. The normalized spacial score (nSPS) is 15.4. The molecule has 0 fully saturated rings. The highest BCUT2D eigenvalue weighted by molar-refractivity contribution is 6.02. The van der Waals surface area contributed by atoms with Gasteiger partial charge in [0.1, 0.15) is 24.6 Å². The molecule has 1 aromatic rings. The molecular formula is C9H8F2N4. The van der Waals surface area contributed by atoms with Crippen molar-refractivity contribution in [3.05, 3.63) is 35.4 Å². The van der Waals surface area contributed by atoms with E-state index in [1.165, 1.54) is 23.5 Å². The van der Waals surface area contributed by atoms with Crippen LogP contribution in [0.25, 0.3) is 0 Å². The van der Waals surface area contributed by atoms with Gasteiger partial charge < -0.3 is 0 Å². The molecule has 0 radical (unpaired) electrons. The number of hydrogen-bond donors (Lipinski definition) is 1. The predicted octanol–water partition coefficient (Wildman–Crippen LogP) is 0.887. The molecule has 0 atom stereocenters. The molecule has 2 rings (SSSR count). The van der Waals surface area contributed by atoms with E-state index in [0.717, 1.165) is 6.07 Å². The lowest BCUT2D eigenvalue weighted by Gasteiger charge is -2.20. The van der Waals surface area contributed by atoms with Crippen molar-refractivity contribution in [1.29, 1.82) is 0 Å². The monoisotopic (exact) mass is 210 g/mol. The summed E-state index contributed by atoms with van der Waals surface area (Å²) in [4.78, 5) is 7.64. The molecule has 4 nitrogen and oxygen atoms in total. The van der Waals surface area contributed by atoms with E-state index in [2.05, 4.69) is 9.98 Å². The van der Waals surface area contributed by atoms with Gasteiger partial charge in [0.05, 0.1) is 0 Å². The Bertz CT molecular complexity index is 421. The third-order valence-electron chi connectivity index (χ3n) is 1.89. The Morgan fingerprint density at radius 2 is 1.87 bits per heavy atom. The number of amidine groups is 1. The van der Waals surface area contributed by atoms with Crippen molar-refractivity contribution >= 4 is 12.2 Å². The zero-order chi connectivity index (χ0) is 10.8. The predicted molar refractivity (Wildman–Crippen MR) is 52.3 cm³/mol. The van der Waals surface area contributed by atoms with Gasteiger partial charge in [-0.2, -0.15) is 0 Å². The molecule has 0 amide bonds. The topological polar surface area (TPSA) is 54.0 Å². The molecule has 1 aliphatic heterocycles. The molecule has 0 saturated carbocycles. The Balaban J connectivity index is 2.44. The fraction of sp³-hybridized carbons (Fsp3) is 0.111. The lowest BCUT2D eigenvalue weighted by Crippen LogP contribution is -2.40. The minimum atomic E-state index is -0.663. The van der Waals surface area contributed by atoms with Gasteiger partial charge in [-0.3, -0.25) is 10.0 Å². The minimum Gasteiger partial charge on any atom is -0.272 e. The summed E-state index contributed by atoms with van der Waals surface area (Å²) in [5.41, 5.74) is 0.293. The maximum absolute atomic E-state index is 12.9. The van der Waals surface area contributed by atoms with E-state index in [4.69, 9.17) is 5.84 Å². The van der Waals surface area contributed by atoms with Crippen LogP contribution in [0.2, 0.25) is 0 Å². The second-order valence-electron chi connectivity index (χ2n) is 3.02. The molecule has 0 unspecified atom stereocenters. The number of hydrazine groups is 1. The van der Waals surface area contributed by atoms with Gasteiger partial charge in [0.2, 0.25) is 0 Å². The molecule has 0 bridgehead atoms. The van der Waals surface area contributed by atoms with Crippen LogP contribution in [0.1, 0.15) is 5.56 Å². The van der Waals surface area contributed by atoms with Gasteiger partial charge in [-0.15, -0.1) is 0 Å². The van der Waals surface area contributed by atoms with Gasteiger partial charge in [0.25, 0.3) is 0 Å². The van der Waals surface area contributed by atoms with E-state index in [1.54, 1.807) is 0 Å². The zero-order valence-electron chi connectivity index (χ0n) is 7.69. The van der Waals surface area contributed by atoms with E-state index >= 15 is 0 Å². The molecule has 0 spiro atoms. The molecule has 0 saturated heterocycles. The lowest BCUT2D eigenvalue weighted by molar-refractivity contribution is 0.451. The van der Waals surface area contributed by atoms with Crippen molar-refractivity contribution in [2.75, 3.05) is 6.67 Å². The lowest BCUT2D eigenvalue weighted by atomic mass is 10.2. The maximum Gasteiger partial charge on any atom is 0.153 e. The summed E-state index contributed by atoms with van der Waals surface area (Å²) >= 11 is 0. The molecule has 0 aliphatic carbocycles. The number of benzene rings is 1. The Labute approximate surface area is 84.7 Å². The van der Waals surface area contributed by atoms with Crippen LogP contribution >= 0.6 is 0 Å². The molecule has 1 heterocycles. The second kappa shape index (κ2) is 3.74. The van der Waals surface area contributed by atoms with Crippen LogP contribution in [0.4, 0.5) is 8.78 Å². The fourth-order valence-corrected chi connectivity index (χ4v) is 1.28. The fourth-order valence-electron chi connectivity index (χ4n) is 1.28. The average molecular weight is 210 g/mol.